The van der Waals surface area contributed by atoms with E-state index in [0.29, 0.717) is 6.54 Å². The number of rotatable bonds is 4. The Morgan fingerprint density at radius 1 is 1.40 bits per heavy atom. The SMILES string of the molecule is CSNCCNC(=O)N1CCC(C)CC1. The number of piperidine rings is 1. The predicted molar refractivity (Wildman–Crippen MR) is 64.9 cm³/mol. The van der Waals surface area contributed by atoms with Crippen LogP contribution in [-0.2, 0) is 0 Å². The van der Waals surface area contributed by atoms with Gasteiger partial charge in [-0.2, -0.15) is 0 Å². The average Bonchev–Trinajstić information content (AvgIpc) is 2.25. The molecule has 0 aliphatic carbocycles. The lowest BCUT2D eigenvalue weighted by molar-refractivity contribution is 0.174. The number of likely N-dealkylation sites (tertiary alicyclic amines) is 1. The summed E-state index contributed by atoms with van der Waals surface area (Å²) in [7, 11) is 0. The molecule has 1 rings (SSSR count). The molecular weight excluding hydrogens is 210 g/mol. The number of carbonyl (C=O) groups is 1. The van der Waals surface area contributed by atoms with Crippen molar-refractivity contribution in [3.05, 3.63) is 0 Å². The first-order valence-electron chi connectivity index (χ1n) is 5.52. The van der Waals surface area contributed by atoms with Gasteiger partial charge in [0.2, 0.25) is 0 Å². The quantitative estimate of drug-likeness (QED) is 0.566. The van der Waals surface area contributed by atoms with E-state index in [1.807, 2.05) is 11.2 Å². The first-order chi connectivity index (χ1) is 7.24. The Balaban J connectivity index is 2.11. The van der Waals surface area contributed by atoms with E-state index < -0.39 is 0 Å². The summed E-state index contributed by atoms with van der Waals surface area (Å²) >= 11 is 1.57. The third-order valence-corrected chi connectivity index (χ3v) is 3.21. The average molecular weight is 231 g/mol. The van der Waals surface area contributed by atoms with Crippen LogP contribution in [0.2, 0.25) is 0 Å². The highest BCUT2D eigenvalue weighted by Gasteiger charge is 2.19. The van der Waals surface area contributed by atoms with Gasteiger partial charge < -0.3 is 10.2 Å². The Morgan fingerprint density at radius 3 is 2.67 bits per heavy atom. The second-order valence-electron chi connectivity index (χ2n) is 4.00. The van der Waals surface area contributed by atoms with Crippen LogP contribution in [0, 0.1) is 5.92 Å². The summed E-state index contributed by atoms with van der Waals surface area (Å²) < 4.78 is 3.10. The Labute approximate surface area is 96.3 Å². The zero-order valence-electron chi connectivity index (χ0n) is 9.58. The molecule has 0 aromatic rings. The molecule has 0 aromatic carbocycles. The van der Waals surface area contributed by atoms with Crippen LogP contribution in [0.4, 0.5) is 4.79 Å². The molecule has 2 N–H and O–H groups in total. The highest BCUT2D eigenvalue weighted by molar-refractivity contribution is 7.96. The van der Waals surface area contributed by atoms with Gasteiger partial charge in [-0.3, -0.25) is 4.72 Å². The predicted octanol–water partition coefficient (Wildman–Crippen LogP) is 1.30. The van der Waals surface area contributed by atoms with E-state index in [1.165, 1.54) is 0 Å². The Hall–Kier alpha value is -0.420. The van der Waals surface area contributed by atoms with Gasteiger partial charge in [0.05, 0.1) is 0 Å². The molecule has 0 aromatic heterocycles. The lowest BCUT2D eigenvalue weighted by Crippen LogP contribution is -2.45. The van der Waals surface area contributed by atoms with Gasteiger partial charge in [-0.15, -0.1) is 0 Å². The van der Waals surface area contributed by atoms with Crippen LogP contribution in [0.25, 0.3) is 0 Å². The summed E-state index contributed by atoms with van der Waals surface area (Å²) in [6.07, 6.45) is 4.25. The van der Waals surface area contributed by atoms with E-state index in [4.69, 9.17) is 0 Å². The number of amides is 2. The van der Waals surface area contributed by atoms with Crippen molar-refractivity contribution >= 4 is 18.0 Å². The van der Waals surface area contributed by atoms with Crippen LogP contribution in [-0.4, -0.2) is 43.4 Å². The summed E-state index contributed by atoms with van der Waals surface area (Å²) in [5, 5.41) is 2.91. The minimum Gasteiger partial charge on any atom is -0.337 e. The van der Waals surface area contributed by atoms with Crippen LogP contribution in [0.5, 0.6) is 0 Å². The molecule has 5 heteroatoms. The molecule has 88 valence electrons. The summed E-state index contributed by atoms with van der Waals surface area (Å²) in [4.78, 5) is 13.6. The number of nitrogens with zero attached hydrogens (tertiary/aromatic N) is 1. The molecular formula is C10H21N3OS. The van der Waals surface area contributed by atoms with Crippen molar-refractivity contribution in [3.63, 3.8) is 0 Å². The number of hydrogen-bond acceptors (Lipinski definition) is 3. The molecule has 15 heavy (non-hydrogen) atoms. The third kappa shape index (κ3) is 4.75. The van der Waals surface area contributed by atoms with Crippen molar-refractivity contribution in [3.8, 4) is 0 Å². The molecule has 0 radical (unpaired) electrons. The molecule has 1 heterocycles. The van der Waals surface area contributed by atoms with Crippen molar-refractivity contribution in [1.29, 1.82) is 0 Å². The van der Waals surface area contributed by atoms with Crippen LogP contribution in [0.3, 0.4) is 0 Å². The molecule has 0 atom stereocenters. The zero-order valence-corrected chi connectivity index (χ0v) is 10.4. The maximum Gasteiger partial charge on any atom is 0.317 e. The van der Waals surface area contributed by atoms with Gasteiger partial charge in [0.1, 0.15) is 0 Å². The van der Waals surface area contributed by atoms with Crippen LogP contribution >= 0.6 is 11.9 Å². The molecule has 1 saturated heterocycles. The Morgan fingerprint density at radius 2 is 2.07 bits per heavy atom. The molecule has 2 amide bonds. The standard InChI is InChI=1S/C10H21N3OS/c1-9-3-7-13(8-4-9)10(14)11-5-6-12-15-2/h9,12H,3-8H2,1-2H3,(H,11,14). The second kappa shape index (κ2) is 6.95. The monoisotopic (exact) mass is 231 g/mol. The molecule has 0 saturated carbocycles. The van der Waals surface area contributed by atoms with E-state index in [1.54, 1.807) is 11.9 Å². The second-order valence-corrected chi connectivity index (χ2v) is 4.70. The van der Waals surface area contributed by atoms with Crippen molar-refractivity contribution in [2.45, 2.75) is 19.8 Å². The van der Waals surface area contributed by atoms with Crippen LogP contribution in [0.1, 0.15) is 19.8 Å². The molecule has 0 unspecified atom stereocenters. The lowest BCUT2D eigenvalue weighted by atomic mass is 10.00. The fourth-order valence-electron chi connectivity index (χ4n) is 1.65. The van der Waals surface area contributed by atoms with Gasteiger partial charge in [-0.1, -0.05) is 18.9 Å². The van der Waals surface area contributed by atoms with E-state index in [0.717, 1.165) is 38.4 Å². The van der Waals surface area contributed by atoms with Gasteiger partial charge >= 0.3 is 6.03 Å². The highest BCUT2D eigenvalue weighted by atomic mass is 32.2. The number of nitrogens with one attached hydrogen (secondary N) is 2. The largest absolute Gasteiger partial charge is 0.337 e. The first kappa shape index (κ1) is 12.6. The number of hydrogen-bond donors (Lipinski definition) is 2. The van der Waals surface area contributed by atoms with E-state index in [2.05, 4.69) is 17.0 Å². The zero-order chi connectivity index (χ0) is 11.1. The molecule has 1 fully saturated rings. The van der Waals surface area contributed by atoms with Gasteiger partial charge in [0.15, 0.2) is 0 Å². The topological polar surface area (TPSA) is 44.4 Å². The smallest absolute Gasteiger partial charge is 0.317 e. The van der Waals surface area contributed by atoms with Gasteiger partial charge in [-0.25, -0.2) is 4.79 Å². The minimum atomic E-state index is 0.0878. The fraction of sp³-hybridized carbons (Fsp3) is 0.900. The molecule has 0 bridgehead atoms. The van der Waals surface area contributed by atoms with E-state index in [9.17, 15) is 4.79 Å². The molecule has 1 aliphatic heterocycles. The molecule has 1 aliphatic rings. The van der Waals surface area contributed by atoms with Crippen molar-refractivity contribution in [2.75, 3.05) is 32.4 Å². The number of urea groups is 1. The van der Waals surface area contributed by atoms with Crippen molar-refractivity contribution in [2.24, 2.45) is 5.92 Å². The van der Waals surface area contributed by atoms with Crippen LogP contribution < -0.4 is 10.0 Å². The molecule has 0 spiro atoms. The molecule has 4 nitrogen and oxygen atoms in total. The van der Waals surface area contributed by atoms with E-state index in [-0.39, 0.29) is 6.03 Å². The van der Waals surface area contributed by atoms with Gasteiger partial charge in [-0.05, 0) is 25.0 Å². The first-order valence-corrected chi connectivity index (χ1v) is 6.75. The maximum absolute atomic E-state index is 11.6. The summed E-state index contributed by atoms with van der Waals surface area (Å²) in [5.41, 5.74) is 0. The fourth-order valence-corrected chi connectivity index (χ4v) is 1.95. The number of carbonyl (C=O) groups excluding carboxylic acids is 1. The maximum atomic E-state index is 11.6. The highest BCUT2D eigenvalue weighted by Crippen LogP contribution is 2.15. The summed E-state index contributed by atoms with van der Waals surface area (Å²) in [5.74, 6) is 0.771. The van der Waals surface area contributed by atoms with Crippen molar-refractivity contribution < 1.29 is 4.79 Å². The van der Waals surface area contributed by atoms with E-state index >= 15 is 0 Å². The van der Waals surface area contributed by atoms with Gasteiger partial charge in [0.25, 0.3) is 0 Å². The Kier molecular flexibility index (Phi) is 5.86. The summed E-state index contributed by atoms with van der Waals surface area (Å²) in [6.45, 7) is 5.58. The van der Waals surface area contributed by atoms with Crippen molar-refractivity contribution in [1.82, 2.24) is 14.9 Å². The van der Waals surface area contributed by atoms with Crippen LogP contribution in [0.15, 0.2) is 0 Å². The van der Waals surface area contributed by atoms with Gasteiger partial charge in [0, 0.05) is 26.2 Å². The lowest BCUT2D eigenvalue weighted by Gasteiger charge is -2.30. The Bertz CT molecular complexity index is 193. The normalized spacial score (nSPS) is 17.9. The third-order valence-electron chi connectivity index (χ3n) is 2.72. The minimum absolute atomic E-state index is 0.0878. The summed E-state index contributed by atoms with van der Waals surface area (Å²) in [6, 6.07) is 0.0878.